The van der Waals surface area contributed by atoms with E-state index in [-0.39, 0.29) is 0 Å². The lowest BCUT2D eigenvalue weighted by Crippen LogP contribution is -2.39. The number of hydrogen-bond donors (Lipinski definition) is 0. The van der Waals surface area contributed by atoms with E-state index in [0.29, 0.717) is 12.4 Å². The number of aryl methyl sites for hydroxylation is 2. The molecule has 5 aromatic carbocycles. The van der Waals surface area contributed by atoms with E-state index in [4.69, 9.17) is 20.4 Å². The van der Waals surface area contributed by atoms with Crippen LogP contribution in [0, 0.1) is 0 Å². The molecular formula is C43H40N8. The standard InChI is InChI=1S/C43H40N8/c1-3-5-25-40-44-41-33(4-2)31-49(51(41)46-40)30-32-26-28-34(29-27-32)38-23-15-16-24-39(38)42-45-47-48-50(42)43(35-17-9-6-10-18-35,36-19-11-7-12-20-36)37-21-13-8-14-22-37/h6-24,26-29,31H,3-5,25,30H2,1-2H3. The number of fused-ring (bicyclic) bond motifs is 1. The quantitative estimate of drug-likeness (QED) is 0.122. The predicted molar refractivity (Wildman–Crippen MR) is 201 cm³/mol. The largest absolute Gasteiger partial charge is 0.266 e. The Kier molecular flexibility index (Phi) is 8.80. The van der Waals surface area contributed by atoms with Crippen molar-refractivity contribution in [3.8, 4) is 22.5 Å². The summed E-state index contributed by atoms with van der Waals surface area (Å²) >= 11 is 0. The maximum absolute atomic E-state index is 4.87. The van der Waals surface area contributed by atoms with Gasteiger partial charge in [-0.15, -0.1) is 10.2 Å². The van der Waals surface area contributed by atoms with Crippen molar-refractivity contribution in [2.75, 3.05) is 0 Å². The van der Waals surface area contributed by atoms with E-state index in [0.717, 1.165) is 70.5 Å². The first-order valence-electron chi connectivity index (χ1n) is 17.8. The molecule has 3 heterocycles. The summed E-state index contributed by atoms with van der Waals surface area (Å²) in [6, 6.07) is 48.7. The molecule has 0 fully saturated rings. The van der Waals surface area contributed by atoms with Gasteiger partial charge in [-0.25, -0.2) is 9.67 Å². The first kappa shape index (κ1) is 32.1. The highest BCUT2D eigenvalue weighted by Crippen LogP contribution is 2.43. The molecule has 0 saturated heterocycles. The minimum Gasteiger partial charge on any atom is -0.266 e. The lowest BCUT2D eigenvalue weighted by atomic mass is 9.77. The second-order valence-corrected chi connectivity index (χ2v) is 12.9. The molecule has 0 bridgehead atoms. The van der Waals surface area contributed by atoms with Gasteiger partial charge in [-0.2, -0.15) is 4.63 Å². The molecule has 51 heavy (non-hydrogen) atoms. The fourth-order valence-electron chi connectivity index (χ4n) is 7.21. The molecule has 0 aliphatic rings. The lowest BCUT2D eigenvalue weighted by molar-refractivity contribution is 0.451. The maximum atomic E-state index is 4.87. The Morgan fingerprint density at radius 1 is 0.647 bits per heavy atom. The third-order valence-corrected chi connectivity index (χ3v) is 9.74. The zero-order valence-corrected chi connectivity index (χ0v) is 29.0. The van der Waals surface area contributed by atoms with Crippen LogP contribution < -0.4 is 0 Å². The minimum absolute atomic E-state index is 0.679. The summed E-state index contributed by atoms with van der Waals surface area (Å²) < 4.78 is 6.14. The highest BCUT2D eigenvalue weighted by Gasteiger charge is 2.42. The highest BCUT2D eigenvalue weighted by atomic mass is 15.6. The van der Waals surface area contributed by atoms with Crippen LogP contribution in [0.15, 0.2) is 146 Å². The van der Waals surface area contributed by atoms with Gasteiger partial charge in [-0.05, 0) is 56.6 Å². The molecule has 8 heteroatoms. The lowest BCUT2D eigenvalue weighted by Gasteiger charge is -2.36. The molecule has 0 N–H and O–H groups in total. The molecule has 252 valence electrons. The Balaban J connectivity index is 1.20. The van der Waals surface area contributed by atoms with Crippen LogP contribution in [-0.4, -0.2) is 39.6 Å². The molecule has 0 atom stereocenters. The van der Waals surface area contributed by atoms with E-state index < -0.39 is 5.54 Å². The Morgan fingerprint density at radius 3 is 1.82 bits per heavy atom. The van der Waals surface area contributed by atoms with Crippen molar-refractivity contribution < 1.29 is 0 Å². The minimum atomic E-state index is -0.837. The fraction of sp³-hybridized carbons (Fsp3) is 0.186. The first-order valence-corrected chi connectivity index (χ1v) is 17.8. The molecule has 0 amide bonds. The number of hydrogen-bond acceptors (Lipinski definition) is 5. The van der Waals surface area contributed by atoms with Gasteiger partial charge in [0.25, 0.3) is 0 Å². The van der Waals surface area contributed by atoms with Crippen molar-refractivity contribution in [1.82, 2.24) is 39.6 Å². The Labute approximate surface area is 298 Å². The second kappa shape index (κ2) is 14.0. The Bertz CT molecular complexity index is 2260. The average Bonchev–Trinajstić information content (AvgIpc) is 3.93. The number of unbranched alkanes of at least 4 members (excludes halogenated alkanes) is 1. The normalized spacial score (nSPS) is 11.7. The van der Waals surface area contributed by atoms with Crippen LogP contribution >= 0.6 is 0 Å². The smallest absolute Gasteiger partial charge is 0.184 e. The van der Waals surface area contributed by atoms with Gasteiger partial charge in [0, 0.05) is 23.7 Å². The summed E-state index contributed by atoms with van der Waals surface area (Å²) in [5.74, 6) is 1.60. The van der Waals surface area contributed by atoms with Crippen LogP contribution in [0.1, 0.15) is 60.3 Å². The van der Waals surface area contributed by atoms with Crippen LogP contribution in [0.2, 0.25) is 0 Å². The van der Waals surface area contributed by atoms with Gasteiger partial charge in [-0.1, -0.05) is 160 Å². The number of rotatable bonds is 12. The van der Waals surface area contributed by atoms with Gasteiger partial charge in [0.15, 0.2) is 17.3 Å². The van der Waals surface area contributed by atoms with E-state index in [1.165, 1.54) is 11.1 Å². The Morgan fingerprint density at radius 2 is 1.24 bits per heavy atom. The number of nitrogens with zero attached hydrogens (tertiary/aromatic N) is 8. The van der Waals surface area contributed by atoms with Crippen LogP contribution in [-0.2, 0) is 24.9 Å². The summed E-state index contributed by atoms with van der Waals surface area (Å²) in [5, 5.41) is 18.7. The van der Waals surface area contributed by atoms with Crippen molar-refractivity contribution in [3.05, 3.63) is 179 Å². The summed E-state index contributed by atoms with van der Waals surface area (Å²) in [6.07, 6.45) is 6.22. The molecule has 8 rings (SSSR count). The zero-order chi connectivity index (χ0) is 34.6. The summed E-state index contributed by atoms with van der Waals surface area (Å²) in [7, 11) is 0. The van der Waals surface area contributed by atoms with Crippen LogP contribution in [0.25, 0.3) is 28.2 Å². The summed E-state index contributed by atoms with van der Waals surface area (Å²) in [5.41, 5.74) is 8.80. The zero-order valence-electron chi connectivity index (χ0n) is 29.0. The second-order valence-electron chi connectivity index (χ2n) is 12.9. The monoisotopic (exact) mass is 668 g/mol. The van der Waals surface area contributed by atoms with Gasteiger partial charge >= 0.3 is 0 Å². The maximum Gasteiger partial charge on any atom is 0.184 e. The molecule has 0 aliphatic carbocycles. The highest BCUT2D eigenvalue weighted by molar-refractivity contribution is 5.81. The molecular weight excluding hydrogens is 629 g/mol. The van der Waals surface area contributed by atoms with Gasteiger partial charge in [0.2, 0.25) is 0 Å². The average molecular weight is 669 g/mol. The number of aromatic nitrogens is 8. The van der Waals surface area contributed by atoms with Crippen molar-refractivity contribution in [1.29, 1.82) is 0 Å². The SMILES string of the molecule is CCCCc1nc2c(CC)cn(Cc3ccc(-c4ccccc4-c4nnnn4C(c4ccccc4)(c4ccccc4)c4ccccc4)cc3)n2n1. The first-order chi connectivity index (χ1) is 25.2. The topological polar surface area (TPSA) is 78.7 Å². The molecule has 3 aromatic heterocycles. The van der Waals surface area contributed by atoms with Crippen LogP contribution in [0.3, 0.4) is 0 Å². The molecule has 0 radical (unpaired) electrons. The van der Waals surface area contributed by atoms with Gasteiger partial charge in [0.05, 0.1) is 6.54 Å². The van der Waals surface area contributed by atoms with Crippen LogP contribution in [0.4, 0.5) is 0 Å². The van der Waals surface area contributed by atoms with E-state index in [1.807, 2.05) is 27.5 Å². The van der Waals surface area contributed by atoms with E-state index in [2.05, 4.69) is 151 Å². The summed E-state index contributed by atoms with van der Waals surface area (Å²) in [4.78, 5) is 4.87. The van der Waals surface area contributed by atoms with Crippen molar-refractivity contribution in [3.63, 3.8) is 0 Å². The van der Waals surface area contributed by atoms with Gasteiger partial charge < -0.3 is 0 Å². The molecule has 8 nitrogen and oxygen atoms in total. The molecule has 0 saturated carbocycles. The van der Waals surface area contributed by atoms with Crippen LogP contribution in [0.5, 0.6) is 0 Å². The number of tetrazole rings is 1. The molecule has 8 aromatic rings. The number of benzene rings is 5. The van der Waals surface area contributed by atoms with Crippen molar-refractivity contribution >= 4 is 5.65 Å². The molecule has 0 spiro atoms. The van der Waals surface area contributed by atoms with E-state index in [9.17, 15) is 0 Å². The van der Waals surface area contributed by atoms with E-state index in [1.54, 1.807) is 0 Å². The fourth-order valence-corrected chi connectivity index (χ4v) is 7.21. The third-order valence-electron chi connectivity index (χ3n) is 9.74. The molecule has 0 unspecified atom stereocenters. The van der Waals surface area contributed by atoms with Crippen molar-refractivity contribution in [2.24, 2.45) is 0 Å². The summed E-state index contributed by atoms with van der Waals surface area (Å²) in [6.45, 7) is 5.07. The third kappa shape index (κ3) is 5.82. The van der Waals surface area contributed by atoms with Crippen molar-refractivity contribution in [2.45, 2.75) is 51.6 Å². The molecule has 0 aliphatic heterocycles. The predicted octanol–water partition coefficient (Wildman–Crippen LogP) is 8.64. The van der Waals surface area contributed by atoms with Gasteiger partial charge in [0.1, 0.15) is 5.54 Å². The Hall–Kier alpha value is -6.15. The van der Waals surface area contributed by atoms with E-state index >= 15 is 0 Å². The van der Waals surface area contributed by atoms with Gasteiger partial charge in [-0.3, -0.25) is 4.68 Å².